The van der Waals surface area contributed by atoms with Crippen LogP contribution in [0.15, 0.2) is 53.5 Å². The van der Waals surface area contributed by atoms with Gasteiger partial charge < -0.3 is 14.5 Å². The third-order valence-electron chi connectivity index (χ3n) is 4.75. The maximum absolute atomic E-state index is 14.0. The highest BCUT2D eigenvalue weighted by molar-refractivity contribution is 5.93. The smallest absolute Gasteiger partial charge is 0.250 e. The van der Waals surface area contributed by atoms with Gasteiger partial charge >= 0.3 is 0 Å². The Bertz CT molecular complexity index is 1370. The lowest BCUT2D eigenvalue weighted by Crippen LogP contribution is -2.04. The SMILES string of the molecule is Cn1cc(-c2cnc3[nH]cc(-c4nnc(C(O)c5cccc(F)c5F)o4)c3c2)cn1. The van der Waals surface area contributed by atoms with Gasteiger partial charge in [-0.2, -0.15) is 5.10 Å². The molecule has 0 saturated carbocycles. The van der Waals surface area contributed by atoms with E-state index in [4.69, 9.17) is 4.42 Å². The number of aliphatic hydroxyl groups is 1. The summed E-state index contributed by atoms with van der Waals surface area (Å²) in [5.41, 5.74) is 2.62. The summed E-state index contributed by atoms with van der Waals surface area (Å²) in [5, 5.41) is 23.0. The summed E-state index contributed by atoms with van der Waals surface area (Å²) in [6, 6.07) is 5.41. The van der Waals surface area contributed by atoms with Gasteiger partial charge in [-0.3, -0.25) is 4.68 Å². The number of benzene rings is 1. The van der Waals surface area contributed by atoms with Gasteiger partial charge in [-0.05, 0) is 12.1 Å². The van der Waals surface area contributed by atoms with Gasteiger partial charge in [-0.1, -0.05) is 12.1 Å². The van der Waals surface area contributed by atoms with Crippen LogP contribution in [0.1, 0.15) is 17.6 Å². The number of halogens is 2. The van der Waals surface area contributed by atoms with E-state index in [1.165, 1.54) is 12.1 Å². The number of H-pyrrole nitrogens is 1. The first-order valence-electron chi connectivity index (χ1n) is 8.93. The molecule has 0 radical (unpaired) electrons. The third-order valence-corrected chi connectivity index (χ3v) is 4.75. The second-order valence-corrected chi connectivity index (χ2v) is 6.72. The van der Waals surface area contributed by atoms with Gasteiger partial charge in [-0.25, -0.2) is 13.8 Å². The molecule has 0 saturated heterocycles. The fraction of sp³-hybridized carbons (Fsp3) is 0.100. The van der Waals surface area contributed by atoms with Crippen LogP contribution >= 0.6 is 0 Å². The fourth-order valence-corrected chi connectivity index (χ4v) is 3.23. The summed E-state index contributed by atoms with van der Waals surface area (Å²) in [4.78, 5) is 7.43. The normalized spacial score (nSPS) is 12.5. The second kappa shape index (κ2) is 6.85. The van der Waals surface area contributed by atoms with E-state index < -0.39 is 17.7 Å². The highest BCUT2D eigenvalue weighted by Gasteiger charge is 2.24. The standard InChI is InChI=1S/C20H14F2N6O2/c1-28-9-11(7-25-28)10-5-13-14(8-24-18(13)23-6-10)19-26-27-20(30-19)17(29)12-3-2-4-15(21)16(12)22/h2-9,17,29H,1H3,(H,23,24). The molecule has 1 atom stereocenters. The molecule has 0 amide bonds. The second-order valence-electron chi connectivity index (χ2n) is 6.72. The predicted octanol–water partition coefficient (Wildman–Crippen LogP) is 3.37. The Morgan fingerprint density at radius 3 is 2.83 bits per heavy atom. The van der Waals surface area contributed by atoms with E-state index >= 15 is 0 Å². The first-order chi connectivity index (χ1) is 14.5. The van der Waals surface area contributed by atoms with Crippen LogP contribution < -0.4 is 0 Å². The zero-order valence-electron chi connectivity index (χ0n) is 15.5. The molecule has 30 heavy (non-hydrogen) atoms. The number of hydrogen-bond acceptors (Lipinski definition) is 6. The molecule has 1 unspecified atom stereocenters. The Morgan fingerprint density at radius 2 is 2.03 bits per heavy atom. The van der Waals surface area contributed by atoms with Crippen molar-refractivity contribution in [2.75, 3.05) is 0 Å². The van der Waals surface area contributed by atoms with Crippen molar-refractivity contribution in [2.45, 2.75) is 6.10 Å². The van der Waals surface area contributed by atoms with Crippen LogP contribution in [0.5, 0.6) is 0 Å². The highest BCUT2D eigenvalue weighted by Crippen LogP contribution is 2.32. The van der Waals surface area contributed by atoms with E-state index in [1.54, 1.807) is 23.3 Å². The van der Waals surface area contributed by atoms with E-state index in [2.05, 4.69) is 25.3 Å². The molecule has 4 aromatic heterocycles. The maximum atomic E-state index is 14.0. The average molecular weight is 408 g/mol. The van der Waals surface area contributed by atoms with Crippen LogP contribution in [0, 0.1) is 11.6 Å². The molecule has 150 valence electrons. The van der Waals surface area contributed by atoms with Gasteiger partial charge in [0.25, 0.3) is 0 Å². The van der Waals surface area contributed by atoms with Gasteiger partial charge in [0.15, 0.2) is 17.7 Å². The number of aryl methyl sites for hydroxylation is 1. The molecule has 0 aliphatic rings. The minimum Gasteiger partial charge on any atom is -0.417 e. The molecule has 10 heteroatoms. The van der Waals surface area contributed by atoms with Gasteiger partial charge in [-0.15, -0.1) is 10.2 Å². The molecule has 1 aromatic carbocycles. The minimum atomic E-state index is -1.60. The molecular weight excluding hydrogens is 394 g/mol. The molecule has 0 spiro atoms. The number of rotatable bonds is 4. The Hall–Kier alpha value is -3.92. The van der Waals surface area contributed by atoms with E-state index in [1.807, 2.05) is 19.3 Å². The lowest BCUT2D eigenvalue weighted by molar-refractivity contribution is 0.178. The lowest BCUT2D eigenvalue weighted by atomic mass is 10.1. The Labute approximate surface area is 167 Å². The average Bonchev–Trinajstić information content (AvgIpc) is 3.48. The van der Waals surface area contributed by atoms with Crippen molar-refractivity contribution in [3.05, 3.63) is 72.1 Å². The maximum Gasteiger partial charge on any atom is 0.250 e. The van der Waals surface area contributed by atoms with Gasteiger partial charge in [0, 0.05) is 47.7 Å². The molecule has 0 bridgehead atoms. The molecule has 0 aliphatic heterocycles. The molecule has 5 aromatic rings. The number of nitrogens with zero attached hydrogens (tertiary/aromatic N) is 5. The monoisotopic (exact) mass is 408 g/mol. The third kappa shape index (κ3) is 2.94. The predicted molar refractivity (Wildman–Crippen MR) is 102 cm³/mol. The molecule has 0 fully saturated rings. The van der Waals surface area contributed by atoms with E-state index in [0.717, 1.165) is 22.6 Å². The molecule has 8 nitrogen and oxygen atoms in total. The number of aromatic amines is 1. The molecule has 4 heterocycles. The molecular formula is C20H14F2N6O2. The van der Waals surface area contributed by atoms with Crippen LogP contribution in [0.4, 0.5) is 8.78 Å². The lowest BCUT2D eigenvalue weighted by Gasteiger charge is -2.07. The first kappa shape index (κ1) is 18.1. The van der Waals surface area contributed by atoms with Gasteiger partial charge in [0.05, 0.1) is 11.8 Å². The van der Waals surface area contributed by atoms with Crippen LogP contribution in [0.3, 0.4) is 0 Å². The number of aromatic nitrogens is 6. The van der Waals surface area contributed by atoms with E-state index in [-0.39, 0.29) is 17.3 Å². The Balaban J connectivity index is 1.53. The van der Waals surface area contributed by atoms with Crippen LogP contribution in [0.2, 0.25) is 0 Å². The minimum absolute atomic E-state index is 0.109. The number of fused-ring (bicyclic) bond motifs is 1. The Morgan fingerprint density at radius 1 is 1.17 bits per heavy atom. The molecule has 5 rings (SSSR count). The van der Waals surface area contributed by atoms with Crippen LogP contribution in [-0.2, 0) is 7.05 Å². The summed E-state index contributed by atoms with van der Waals surface area (Å²) in [6.45, 7) is 0. The Kier molecular flexibility index (Phi) is 4.14. The van der Waals surface area contributed by atoms with E-state index in [0.29, 0.717) is 11.2 Å². The van der Waals surface area contributed by atoms with Crippen LogP contribution in [-0.4, -0.2) is 35.1 Å². The zero-order valence-corrected chi connectivity index (χ0v) is 15.5. The first-order valence-corrected chi connectivity index (χ1v) is 8.93. The van der Waals surface area contributed by atoms with Gasteiger partial charge in [0.2, 0.25) is 11.8 Å². The number of pyridine rings is 1. The fourth-order valence-electron chi connectivity index (χ4n) is 3.23. The topological polar surface area (TPSA) is 106 Å². The molecule has 0 aliphatic carbocycles. The van der Waals surface area contributed by atoms with Crippen molar-refractivity contribution < 1.29 is 18.3 Å². The zero-order chi connectivity index (χ0) is 20.8. The summed E-state index contributed by atoms with van der Waals surface area (Å²) < 4.78 is 34.7. The summed E-state index contributed by atoms with van der Waals surface area (Å²) in [7, 11) is 1.82. The van der Waals surface area contributed by atoms with Crippen molar-refractivity contribution in [2.24, 2.45) is 7.05 Å². The van der Waals surface area contributed by atoms with Crippen molar-refractivity contribution in [1.29, 1.82) is 0 Å². The van der Waals surface area contributed by atoms with Crippen LogP contribution in [0.25, 0.3) is 33.6 Å². The summed E-state index contributed by atoms with van der Waals surface area (Å²) in [6.07, 6.45) is 5.36. The van der Waals surface area contributed by atoms with Crippen molar-refractivity contribution >= 4 is 11.0 Å². The van der Waals surface area contributed by atoms with Crippen molar-refractivity contribution in [1.82, 2.24) is 29.9 Å². The molecule has 2 N–H and O–H groups in total. The summed E-state index contributed by atoms with van der Waals surface area (Å²) in [5.74, 6) is -2.38. The highest BCUT2D eigenvalue weighted by atomic mass is 19.2. The summed E-state index contributed by atoms with van der Waals surface area (Å²) >= 11 is 0. The number of aliphatic hydroxyl groups excluding tert-OH is 1. The van der Waals surface area contributed by atoms with E-state index in [9.17, 15) is 13.9 Å². The number of hydrogen-bond donors (Lipinski definition) is 2. The van der Waals surface area contributed by atoms with Crippen molar-refractivity contribution in [3.8, 4) is 22.6 Å². The quantitative estimate of drug-likeness (QED) is 0.472. The largest absolute Gasteiger partial charge is 0.417 e. The van der Waals surface area contributed by atoms with Crippen molar-refractivity contribution in [3.63, 3.8) is 0 Å². The number of nitrogens with one attached hydrogen (secondary N) is 1. The van der Waals surface area contributed by atoms with Gasteiger partial charge in [0.1, 0.15) is 5.65 Å².